The Balaban J connectivity index is 2.59. The van der Waals surface area contributed by atoms with Crippen molar-refractivity contribution in [3.05, 3.63) is 12.2 Å². The van der Waals surface area contributed by atoms with E-state index < -0.39 is 0 Å². The highest BCUT2D eigenvalue weighted by atomic mass is 16.1. The van der Waals surface area contributed by atoms with Crippen molar-refractivity contribution < 1.29 is 4.79 Å². The SMILES string of the molecule is CC[C@@H]1C=C[C@H](C)[C@H](C=O)C1. The molecule has 62 valence electrons. The van der Waals surface area contributed by atoms with Crippen LogP contribution in [0.15, 0.2) is 12.2 Å². The van der Waals surface area contributed by atoms with Crippen LogP contribution in [0.4, 0.5) is 0 Å². The first-order chi connectivity index (χ1) is 5.27. The van der Waals surface area contributed by atoms with Gasteiger partial charge in [0.1, 0.15) is 6.29 Å². The molecule has 0 amide bonds. The van der Waals surface area contributed by atoms with E-state index in [1.54, 1.807) is 0 Å². The number of allylic oxidation sites excluding steroid dienone is 2. The minimum absolute atomic E-state index is 0.268. The van der Waals surface area contributed by atoms with E-state index in [0.717, 1.165) is 19.1 Å². The Morgan fingerprint density at radius 1 is 1.55 bits per heavy atom. The maximum absolute atomic E-state index is 10.6. The van der Waals surface area contributed by atoms with Gasteiger partial charge in [0.25, 0.3) is 0 Å². The van der Waals surface area contributed by atoms with E-state index >= 15 is 0 Å². The second-order valence-corrected chi connectivity index (χ2v) is 3.45. The van der Waals surface area contributed by atoms with Gasteiger partial charge < -0.3 is 4.79 Å². The molecule has 0 heterocycles. The molecular formula is C10H16O. The lowest BCUT2D eigenvalue weighted by Crippen LogP contribution is -2.19. The molecule has 1 aliphatic carbocycles. The van der Waals surface area contributed by atoms with Gasteiger partial charge in [0.05, 0.1) is 0 Å². The molecule has 0 saturated carbocycles. The van der Waals surface area contributed by atoms with Crippen LogP contribution in [0.1, 0.15) is 26.7 Å². The van der Waals surface area contributed by atoms with Crippen LogP contribution in [0.5, 0.6) is 0 Å². The van der Waals surface area contributed by atoms with Crippen molar-refractivity contribution >= 4 is 6.29 Å². The van der Waals surface area contributed by atoms with Gasteiger partial charge in [-0.15, -0.1) is 0 Å². The predicted molar refractivity (Wildman–Crippen MR) is 46.3 cm³/mol. The van der Waals surface area contributed by atoms with Crippen molar-refractivity contribution in [2.45, 2.75) is 26.7 Å². The van der Waals surface area contributed by atoms with Crippen molar-refractivity contribution in [3.63, 3.8) is 0 Å². The lowest BCUT2D eigenvalue weighted by atomic mass is 9.80. The minimum Gasteiger partial charge on any atom is -0.303 e. The molecule has 1 aliphatic rings. The molecule has 0 bridgehead atoms. The van der Waals surface area contributed by atoms with Crippen molar-refractivity contribution in [1.82, 2.24) is 0 Å². The largest absolute Gasteiger partial charge is 0.303 e. The van der Waals surface area contributed by atoms with Crippen LogP contribution in [-0.2, 0) is 4.79 Å². The van der Waals surface area contributed by atoms with Gasteiger partial charge in [0.15, 0.2) is 0 Å². The number of hydrogen-bond acceptors (Lipinski definition) is 1. The highest BCUT2D eigenvalue weighted by Crippen LogP contribution is 2.28. The first-order valence-corrected chi connectivity index (χ1v) is 4.41. The Kier molecular flexibility index (Phi) is 2.86. The Morgan fingerprint density at radius 3 is 2.82 bits per heavy atom. The summed E-state index contributed by atoms with van der Waals surface area (Å²) < 4.78 is 0. The third-order valence-corrected chi connectivity index (χ3v) is 2.64. The van der Waals surface area contributed by atoms with Crippen LogP contribution in [0.25, 0.3) is 0 Å². The Bertz CT molecular complexity index is 160. The molecule has 0 radical (unpaired) electrons. The molecule has 0 saturated heterocycles. The molecular weight excluding hydrogens is 136 g/mol. The zero-order valence-electron chi connectivity index (χ0n) is 7.29. The molecule has 0 aromatic carbocycles. The lowest BCUT2D eigenvalue weighted by Gasteiger charge is -2.24. The third-order valence-electron chi connectivity index (χ3n) is 2.64. The summed E-state index contributed by atoms with van der Waals surface area (Å²) >= 11 is 0. The molecule has 1 nitrogen and oxygen atoms in total. The fraction of sp³-hybridized carbons (Fsp3) is 0.700. The lowest BCUT2D eigenvalue weighted by molar-refractivity contribution is -0.112. The fourth-order valence-corrected chi connectivity index (χ4v) is 1.60. The first-order valence-electron chi connectivity index (χ1n) is 4.41. The minimum atomic E-state index is 0.268. The van der Waals surface area contributed by atoms with Gasteiger partial charge in [0.2, 0.25) is 0 Å². The van der Waals surface area contributed by atoms with Crippen LogP contribution in [0, 0.1) is 17.8 Å². The van der Waals surface area contributed by atoms with Crippen molar-refractivity contribution in [1.29, 1.82) is 0 Å². The summed E-state index contributed by atoms with van der Waals surface area (Å²) in [6.45, 7) is 4.29. The topological polar surface area (TPSA) is 17.1 Å². The number of rotatable bonds is 2. The van der Waals surface area contributed by atoms with Gasteiger partial charge in [-0.05, 0) is 24.7 Å². The summed E-state index contributed by atoms with van der Waals surface area (Å²) in [7, 11) is 0. The molecule has 3 atom stereocenters. The van der Waals surface area contributed by atoms with E-state index in [2.05, 4.69) is 26.0 Å². The summed E-state index contributed by atoms with van der Waals surface area (Å²) in [6, 6.07) is 0. The molecule has 0 aromatic rings. The second-order valence-electron chi connectivity index (χ2n) is 3.45. The molecule has 0 unspecified atom stereocenters. The molecule has 11 heavy (non-hydrogen) atoms. The van der Waals surface area contributed by atoms with Crippen LogP contribution >= 0.6 is 0 Å². The number of aldehydes is 1. The number of carbonyl (C=O) groups excluding carboxylic acids is 1. The monoisotopic (exact) mass is 152 g/mol. The number of carbonyl (C=O) groups is 1. The summed E-state index contributed by atoms with van der Waals surface area (Å²) in [5, 5.41) is 0. The van der Waals surface area contributed by atoms with Crippen LogP contribution < -0.4 is 0 Å². The molecule has 0 N–H and O–H groups in total. The fourth-order valence-electron chi connectivity index (χ4n) is 1.60. The Hall–Kier alpha value is -0.590. The molecule has 0 spiro atoms. The molecule has 1 heteroatoms. The summed E-state index contributed by atoms with van der Waals surface area (Å²) in [6.07, 6.45) is 7.75. The van der Waals surface area contributed by atoms with Crippen LogP contribution in [-0.4, -0.2) is 6.29 Å². The maximum atomic E-state index is 10.6. The van der Waals surface area contributed by atoms with Gasteiger partial charge in [-0.3, -0.25) is 0 Å². The van der Waals surface area contributed by atoms with Crippen LogP contribution in [0.3, 0.4) is 0 Å². The molecule has 0 fully saturated rings. The summed E-state index contributed by atoms with van der Waals surface area (Å²) in [5.41, 5.74) is 0. The van der Waals surface area contributed by atoms with E-state index in [1.807, 2.05) is 0 Å². The second kappa shape index (κ2) is 3.70. The van der Waals surface area contributed by atoms with Gasteiger partial charge in [-0.25, -0.2) is 0 Å². The van der Waals surface area contributed by atoms with Crippen molar-refractivity contribution in [2.75, 3.05) is 0 Å². The van der Waals surface area contributed by atoms with E-state index in [4.69, 9.17) is 0 Å². The molecule has 1 rings (SSSR count). The van der Waals surface area contributed by atoms with Crippen molar-refractivity contribution in [3.8, 4) is 0 Å². The third kappa shape index (κ3) is 1.92. The van der Waals surface area contributed by atoms with E-state index in [-0.39, 0.29) is 5.92 Å². The Labute approximate surface area is 68.5 Å². The Morgan fingerprint density at radius 2 is 2.27 bits per heavy atom. The number of hydrogen-bond donors (Lipinski definition) is 0. The van der Waals surface area contributed by atoms with Gasteiger partial charge >= 0.3 is 0 Å². The van der Waals surface area contributed by atoms with Gasteiger partial charge in [-0.1, -0.05) is 26.0 Å². The normalized spacial score (nSPS) is 37.1. The predicted octanol–water partition coefficient (Wildman–Crippen LogP) is 2.42. The van der Waals surface area contributed by atoms with Gasteiger partial charge in [-0.2, -0.15) is 0 Å². The standard InChI is InChI=1S/C10H16O/c1-3-9-5-4-8(2)10(6-9)7-11/h4-5,7-10H,3,6H2,1-2H3/t8-,9+,10-/m0/s1. The quantitative estimate of drug-likeness (QED) is 0.438. The molecule has 0 aromatic heterocycles. The highest BCUT2D eigenvalue weighted by Gasteiger charge is 2.21. The average Bonchev–Trinajstić information content (AvgIpc) is 2.05. The van der Waals surface area contributed by atoms with E-state index in [0.29, 0.717) is 11.8 Å². The zero-order valence-corrected chi connectivity index (χ0v) is 7.29. The summed E-state index contributed by atoms with van der Waals surface area (Å²) in [4.78, 5) is 10.6. The van der Waals surface area contributed by atoms with E-state index in [1.165, 1.54) is 0 Å². The van der Waals surface area contributed by atoms with Gasteiger partial charge in [0, 0.05) is 5.92 Å². The van der Waals surface area contributed by atoms with E-state index in [9.17, 15) is 4.79 Å². The zero-order chi connectivity index (χ0) is 8.27. The highest BCUT2D eigenvalue weighted by molar-refractivity contribution is 5.55. The average molecular weight is 152 g/mol. The first kappa shape index (κ1) is 8.51. The van der Waals surface area contributed by atoms with Crippen molar-refractivity contribution in [2.24, 2.45) is 17.8 Å². The smallest absolute Gasteiger partial charge is 0.123 e. The van der Waals surface area contributed by atoms with Crippen LogP contribution in [0.2, 0.25) is 0 Å². The summed E-state index contributed by atoms with van der Waals surface area (Å²) in [5.74, 6) is 1.36. The maximum Gasteiger partial charge on any atom is 0.123 e. The molecule has 0 aliphatic heterocycles.